The number of ether oxygens (including phenoxy) is 1. The fourth-order valence-electron chi connectivity index (χ4n) is 2.01. The lowest BCUT2D eigenvalue weighted by Gasteiger charge is -2.18. The molecule has 0 aromatic heterocycles. The molecule has 1 aliphatic carbocycles. The number of hydrogen-bond acceptors (Lipinski definition) is 1. The molecule has 1 heteroatoms. The summed E-state index contributed by atoms with van der Waals surface area (Å²) in [5.74, 6) is 1.81. The van der Waals surface area contributed by atoms with E-state index in [0.717, 1.165) is 18.6 Å². The van der Waals surface area contributed by atoms with Crippen molar-refractivity contribution in [3.8, 4) is 0 Å². The highest BCUT2D eigenvalue weighted by Crippen LogP contribution is 2.26. The molecule has 0 amide bonds. The lowest BCUT2D eigenvalue weighted by atomic mass is 9.90. The molecule has 0 aromatic rings. The molecule has 0 bridgehead atoms. The molecule has 1 nitrogen and oxygen atoms in total. The second-order valence-electron chi connectivity index (χ2n) is 4.82. The monoisotopic (exact) mass is 220 g/mol. The Morgan fingerprint density at radius 1 is 1.38 bits per heavy atom. The molecule has 0 radical (unpaired) electrons. The SMILES string of the molecule is COC1=CCC(C(C)CCC=C(C)C)=CC1. The van der Waals surface area contributed by atoms with E-state index in [1.54, 1.807) is 12.7 Å². The molecule has 0 aliphatic heterocycles. The zero-order chi connectivity index (χ0) is 12.0. The van der Waals surface area contributed by atoms with Gasteiger partial charge in [0.15, 0.2) is 0 Å². The molecule has 0 saturated carbocycles. The van der Waals surface area contributed by atoms with Crippen LogP contribution in [0, 0.1) is 5.92 Å². The minimum Gasteiger partial charge on any atom is -0.501 e. The van der Waals surface area contributed by atoms with Crippen molar-refractivity contribution in [2.24, 2.45) is 5.92 Å². The third-order valence-corrected chi connectivity index (χ3v) is 3.18. The van der Waals surface area contributed by atoms with E-state index in [0.29, 0.717) is 5.92 Å². The number of hydrogen-bond donors (Lipinski definition) is 0. The van der Waals surface area contributed by atoms with Crippen LogP contribution >= 0.6 is 0 Å². The van der Waals surface area contributed by atoms with E-state index in [4.69, 9.17) is 4.74 Å². The van der Waals surface area contributed by atoms with Crippen LogP contribution in [0.3, 0.4) is 0 Å². The molecule has 0 spiro atoms. The molecule has 1 aliphatic rings. The normalized spacial score (nSPS) is 17.2. The Kier molecular flexibility index (Phi) is 5.37. The van der Waals surface area contributed by atoms with E-state index in [2.05, 4.69) is 39.0 Å². The summed E-state index contributed by atoms with van der Waals surface area (Å²) in [6.45, 7) is 6.66. The van der Waals surface area contributed by atoms with Crippen molar-refractivity contribution in [2.75, 3.05) is 7.11 Å². The molecular formula is C15H24O. The Bertz CT molecular complexity index is 303. The second kappa shape index (κ2) is 6.57. The van der Waals surface area contributed by atoms with Gasteiger partial charge in [0, 0.05) is 6.42 Å². The van der Waals surface area contributed by atoms with Crippen molar-refractivity contribution < 1.29 is 4.74 Å². The van der Waals surface area contributed by atoms with Crippen LogP contribution in [-0.2, 0) is 4.74 Å². The van der Waals surface area contributed by atoms with E-state index in [9.17, 15) is 0 Å². The summed E-state index contributed by atoms with van der Waals surface area (Å²) in [4.78, 5) is 0. The first-order chi connectivity index (χ1) is 7.63. The van der Waals surface area contributed by atoms with Crippen LogP contribution in [0.4, 0.5) is 0 Å². The Morgan fingerprint density at radius 3 is 2.62 bits per heavy atom. The minimum atomic E-state index is 0.699. The predicted molar refractivity (Wildman–Crippen MR) is 70.2 cm³/mol. The highest BCUT2D eigenvalue weighted by Gasteiger charge is 2.11. The maximum absolute atomic E-state index is 5.24. The number of rotatable bonds is 5. The number of methoxy groups -OCH3 is 1. The van der Waals surface area contributed by atoms with Crippen molar-refractivity contribution in [3.63, 3.8) is 0 Å². The Balaban J connectivity index is 2.36. The van der Waals surface area contributed by atoms with Crippen LogP contribution in [0.1, 0.15) is 46.5 Å². The highest BCUT2D eigenvalue weighted by molar-refractivity contribution is 5.20. The van der Waals surface area contributed by atoms with Gasteiger partial charge in [-0.05, 0) is 45.1 Å². The zero-order valence-electron chi connectivity index (χ0n) is 11.0. The zero-order valence-corrected chi connectivity index (χ0v) is 11.0. The van der Waals surface area contributed by atoms with Gasteiger partial charge in [-0.1, -0.05) is 30.2 Å². The van der Waals surface area contributed by atoms with Gasteiger partial charge in [-0.25, -0.2) is 0 Å². The molecule has 16 heavy (non-hydrogen) atoms. The first kappa shape index (κ1) is 13.1. The maximum atomic E-state index is 5.24. The van der Waals surface area contributed by atoms with Gasteiger partial charge in [0.05, 0.1) is 12.9 Å². The van der Waals surface area contributed by atoms with Gasteiger partial charge in [-0.2, -0.15) is 0 Å². The van der Waals surface area contributed by atoms with Gasteiger partial charge >= 0.3 is 0 Å². The molecule has 0 N–H and O–H groups in total. The molecule has 1 rings (SSSR count). The molecule has 0 fully saturated rings. The summed E-state index contributed by atoms with van der Waals surface area (Å²) < 4.78 is 5.24. The fourth-order valence-corrected chi connectivity index (χ4v) is 2.01. The van der Waals surface area contributed by atoms with Crippen molar-refractivity contribution in [2.45, 2.75) is 46.5 Å². The maximum Gasteiger partial charge on any atom is 0.0956 e. The van der Waals surface area contributed by atoms with Gasteiger partial charge in [0.2, 0.25) is 0 Å². The minimum absolute atomic E-state index is 0.699. The molecule has 90 valence electrons. The third-order valence-electron chi connectivity index (χ3n) is 3.18. The predicted octanol–water partition coefficient (Wildman–Crippen LogP) is 4.62. The summed E-state index contributed by atoms with van der Waals surface area (Å²) in [6.07, 6.45) is 11.4. The topological polar surface area (TPSA) is 9.23 Å². The first-order valence-electron chi connectivity index (χ1n) is 6.18. The summed E-state index contributed by atoms with van der Waals surface area (Å²) in [5.41, 5.74) is 2.99. The lowest BCUT2D eigenvalue weighted by molar-refractivity contribution is 0.281. The standard InChI is InChI=1S/C15H24O/c1-12(2)6-5-7-13(3)14-8-10-15(16-4)11-9-14/h6,8,11,13H,5,7,9-10H2,1-4H3. The van der Waals surface area contributed by atoms with Crippen molar-refractivity contribution in [1.82, 2.24) is 0 Å². The van der Waals surface area contributed by atoms with Crippen LogP contribution < -0.4 is 0 Å². The largest absolute Gasteiger partial charge is 0.501 e. The van der Waals surface area contributed by atoms with E-state index in [-0.39, 0.29) is 0 Å². The molecule has 0 heterocycles. The van der Waals surface area contributed by atoms with Gasteiger partial charge in [0.1, 0.15) is 0 Å². The van der Waals surface area contributed by atoms with Gasteiger partial charge < -0.3 is 4.74 Å². The van der Waals surface area contributed by atoms with Gasteiger partial charge in [-0.15, -0.1) is 0 Å². The van der Waals surface area contributed by atoms with E-state index in [1.807, 2.05) is 0 Å². The van der Waals surface area contributed by atoms with E-state index >= 15 is 0 Å². The van der Waals surface area contributed by atoms with Crippen LogP contribution in [0.15, 0.2) is 35.1 Å². The van der Waals surface area contributed by atoms with Crippen molar-refractivity contribution in [1.29, 1.82) is 0 Å². The quantitative estimate of drug-likeness (QED) is 0.614. The lowest BCUT2D eigenvalue weighted by Crippen LogP contribution is -2.03. The summed E-state index contributed by atoms with van der Waals surface area (Å²) in [6, 6.07) is 0. The highest BCUT2D eigenvalue weighted by atomic mass is 16.5. The van der Waals surface area contributed by atoms with E-state index < -0.39 is 0 Å². The third kappa shape index (κ3) is 4.26. The fraction of sp³-hybridized carbons (Fsp3) is 0.600. The molecular weight excluding hydrogens is 196 g/mol. The van der Waals surface area contributed by atoms with Crippen LogP contribution in [0.5, 0.6) is 0 Å². The summed E-state index contributed by atoms with van der Waals surface area (Å²) in [5, 5.41) is 0. The van der Waals surface area contributed by atoms with Crippen molar-refractivity contribution in [3.05, 3.63) is 35.1 Å². The van der Waals surface area contributed by atoms with Crippen LogP contribution in [0.2, 0.25) is 0 Å². The van der Waals surface area contributed by atoms with Gasteiger partial charge in [0.25, 0.3) is 0 Å². The van der Waals surface area contributed by atoms with Crippen LogP contribution in [-0.4, -0.2) is 7.11 Å². The van der Waals surface area contributed by atoms with Crippen LogP contribution in [0.25, 0.3) is 0 Å². The van der Waals surface area contributed by atoms with Crippen molar-refractivity contribution >= 4 is 0 Å². The molecule has 1 atom stereocenters. The smallest absolute Gasteiger partial charge is 0.0956 e. The Labute approximate surface area is 99.9 Å². The molecule has 1 unspecified atom stereocenters. The average Bonchev–Trinajstić information content (AvgIpc) is 2.28. The number of allylic oxidation sites excluding steroid dienone is 5. The summed E-state index contributed by atoms with van der Waals surface area (Å²) >= 11 is 0. The van der Waals surface area contributed by atoms with Gasteiger partial charge in [-0.3, -0.25) is 0 Å². The molecule has 0 aromatic carbocycles. The Morgan fingerprint density at radius 2 is 2.12 bits per heavy atom. The molecule has 0 saturated heterocycles. The second-order valence-corrected chi connectivity index (χ2v) is 4.82. The first-order valence-corrected chi connectivity index (χ1v) is 6.18. The average molecular weight is 220 g/mol. The van der Waals surface area contributed by atoms with E-state index in [1.165, 1.54) is 18.4 Å². The summed E-state index contributed by atoms with van der Waals surface area (Å²) in [7, 11) is 1.75. The Hall–Kier alpha value is -0.980.